The summed E-state index contributed by atoms with van der Waals surface area (Å²) in [7, 11) is 0. The molecule has 3 N–H and O–H groups in total. The summed E-state index contributed by atoms with van der Waals surface area (Å²) >= 11 is 3.18. The highest BCUT2D eigenvalue weighted by molar-refractivity contribution is 9.10. The number of hydrogen-bond donors (Lipinski definition) is 2. The molecule has 4 heteroatoms. The molecule has 0 heterocycles. The van der Waals surface area contributed by atoms with Crippen LogP contribution < -0.4 is 5.73 Å². The molecule has 0 aliphatic rings. The molecule has 0 bridgehead atoms. The van der Waals surface area contributed by atoms with Crippen LogP contribution in [0.1, 0.15) is 25.8 Å². The van der Waals surface area contributed by atoms with Gasteiger partial charge in [0.2, 0.25) is 0 Å². The van der Waals surface area contributed by atoms with Crippen molar-refractivity contribution in [1.82, 2.24) is 0 Å². The second kappa shape index (κ2) is 6.64. The number of halogens is 2. The van der Waals surface area contributed by atoms with Crippen LogP contribution in [-0.4, -0.2) is 18.3 Å². The minimum Gasteiger partial charge on any atom is -0.396 e. The third-order valence-corrected chi connectivity index (χ3v) is 3.78. The third-order valence-electron chi connectivity index (χ3n) is 3.17. The van der Waals surface area contributed by atoms with Gasteiger partial charge in [-0.2, -0.15) is 0 Å². The van der Waals surface area contributed by atoms with Gasteiger partial charge in [0.15, 0.2) is 0 Å². The Hall–Kier alpha value is -0.450. The van der Waals surface area contributed by atoms with Crippen LogP contribution in [0.15, 0.2) is 22.7 Å². The van der Waals surface area contributed by atoms with Crippen molar-refractivity contribution in [1.29, 1.82) is 0 Å². The first-order chi connectivity index (χ1) is 8.42. The van der Waals surface area contributed by atoms with Crippen molar-refractivity contribution >= 4 is 15.9 Å². The van der Waals surface area contributed by atoms with Crippen LogP contribution >= 0.6 is 15.9 Å². The molecule has 0 fully saturated rings. The highest BCUT2D eigenvalue weighted by Gasteiger charge is 2.29. The Kier molecular flexibility index (Phi) is 5.76. The predicted molar refractivity (Wildman–Crippen MR) is 75.8 cm³/mol. The SMILES string of the molecule is CC(C)CC(CN)(CO)Cc1ccc(F)c(Br)c1. The second-order valence-corrected chi connectivity index (χ2v) is 6.24. The van der Waals surface area contributed by atoms with Gasteiger partial charge in [-0.25, -0.2) is 4.39 Å². The van der Waals surface area contributed by atoms with Gasteiger partial charge >= 0.3 is 0 Å². The first-order valence-electron chi connectivity index (χ1n) is 6.17. The molecule has 1 aromatic rings. The molecular weight excluding hydrogens is 297 g/mol. The van der Waals surface area contributed by atoms with Crippen LogP contribution in [-0.2, 0) is 6.42 Å². The Morgan fingerprint density at radius 1 is 1.44 bits per heavy atom. The zero-order valence-corrected chi connectivity index (χ0v) is 12.5. The quantitative estimate of drug-likeness (QED) is 0.846. The van der Waals surface area contributed by atoms with Crippen LogP contribution in [0.4, 0.5) is 4.39 Å². The molecule has 0 aliphatic heterocycles. The van der Waals surface area contributed by atoms with Crippen LogP contribution in [0, 0.1) is 17.2 Å². The number of benzene rings is 1. The molecule has 2 nitrogen and oxygen atoms in total. The molecule has 1 aromatic carbocycles. The fourth-order valence-corrected chi connectivity index (χ4v) is 2.79. The minimum atomic E-state index is -0.314. The Balaban J connectivity index is 2.92. The van der Waals surface area contributed by atoms with E-state index in [1.165, 1.54) is 6.07 Å². The zero-order valence-electron chi connectivity index (χ0n) is 10.9. The first kappa shape index (κ1) is 15.6. The van der Waals surface area contributed by atoms with Crippen molar-refractivity contribution in [3.63, 3.8) is 0 Å². The average molecular weight is 318 g/mol. The van der Waals surface area contributed by atoms with Gasteiger partial charge in [0, 0.05) is 12.0 Å². The Bertz CT molecular complexity index is 391. The number of aliphatic hydroxyl groups is 1. The van der Waals surface area contributed by atoms with Crippen molar-refractivity contribution in [2.45, 2.75) is 26.7 Å². The van der Waals surface area contributed by atoms with Crippen molar-refractivity contribution in [3.05, 3.63) is 34.1 Å². The Morgan fingerprint density at radius 3 is 2.56 bits per heavy atom. The molecule has 1 atom stereocenters. The highest BCUT2D eigenvalue weighted by atomic mass is 79.9. The van der Waals surface area contributed by atoms with Gasteiger partial charge < -0.3 is 10.8 Å². The molecule has 0 aliphatic carbocycles. The van der Waals surface area contributed by atoms with E-state index in [2.05, 4.69) is 29.8 Å². The number of nitrogens with two attached hydrogens (primary N) is 1. The Morgan fingerprint density at radius 2 is 2.11 bits per heavy atom. The van der Waals surface area contributed by atoms with Gasteiger partial charge in [0.1, 0.15) is 5.82 Å². The minimum absolute atomic E-state index is 0.0523. The van der Waals surface area contributed by atoms with E-state index in [1.54, 1.807) is 12.1 Å². The highest BCUT2D eigenvalue weighted by Crippen LogP contribution is 2.30. The largest absolute Gasteiger partial charge is 0.396 e. The van der Waals surface area contributed by atoms with Crippen molar-refractivity contribution in [2.24, 2.45) is 17.1 Å². The second-order valence-electron chi connectivity index (χ2n) is 5.39. The van der Waals surface area contributed by atoms with Crippen LogP contribution in [0.5, 0.6) is 0 Å². The summed E-state index contributed by atoms with van der Waals surface area (Å²) in [5.41, 5.74) is 6.51. The van der Waals surface area contributed by atoms with E-state index in [-0.39, 0.29) is 17.8 Å². The summed E-state index contributed by atoms with van der Waals surface area (Å²) in [5.74, 6) is 0.189. The fraction of sp³-hybridized carbons (Fsp3) is 0.571. The van der Waals surface area contributed by atoms with Crippen LogP contribution in [0.2, 0.25) is 0 Å². The summed E-state index contributed by atoms with van der Waals surface area (Å²) in [5, 5.41) is 9.64. The molecule has 1 rings (SSSR count). The zero-order chi connectivity index (χ0) is 13.8. The fourth-order valence-electron chi connectivity index (χ4n) is 2.36. The van der Waals surface area contributed by atoms with Crippen LogP contribution in [0.3, 0.4) is 0 Å². The molecule has 0 aromatic heterocycles. The van der Waals surface area contributed by atoms with E-state index in [4.69, 9.17) is 5.73 Å². The number of rotatable bonds is 6. The third kappa shape index (κ3) is 4.04. The molecular formula is C14H21BrFNO. The van der Waals surface area contributed by atoms with Gasteiger partial charge in [-0.1, -0.05) is 19.9 Å². The number of aliphatic hydroxyl groups excluding tert-OH is 1. The lowest BCUT2D eigenvalue weighted by Crippen LogP contribution is -2.37. The van der Waals surface area contributed by atoms with Gasteiger partial charge in [0.05, 0.1) is 11.1 Å². The normalized spacial score (nSPS) is 14.8. The summed E-state index contributed by atoms with van der Waals surface area (Å²) < 4.78 is 13.6. The summed E-state index contributed by atoms with van der Waals surface area (Å²) in [6, 6.07) is 4.95. The van der Waals surface area contributed by atoms with E-state index in [9.17, 15) is 9.50 Å². The molecule has 0 saturated heterocycles. The molecule has 0 radical (unpaired) electrons. The van der Waals surface area contributed by atoms with Crippen molar-refractivity contribution < 1.29 is 9.50 Å². The molecule has 18 heavy (non-hydrogen) atoms. The van der Waals surface area contributed by atoms with E-state index in [0.717, 1.165) is 12.0 Å². The van der Waals surface area contributed by atoms with Gasteiger partial charge in [-0.15, -0.1) is 0 Å². The Labute approximate surface area is 117 Å². The summed E-state index contributed by atoms with van der Waals surface area (Å²) in [6.45, 7) is 4.70. The monoisotopic (exact) mass is 317 g/mol. The number of hydrogen-bond acceptors (Lipinski definition) is 2. The van der Waals surface area contributed by atoms with Gasteiger partial charge in [-0.3, -0.25) is 0 Å². The average Bonchev–Trinajstić information content (AvgIpc) is 2.32. The topological polar surface area (TPSA) is 46.2 Å². The maximum atomic E-state index is 13.2. The van der Waals surface area contributed by atoms with Crippen molar-refractivity contribution in [2.75, 3.05) is 13.2 Å². The molecule has 0 spiro atoms. The molecule has 102 valence electrons. The lowest BCUT2D eigenvalue weighted by atomic mass is 9.76. The molecule has 0 amide bonds. The molecule has 1 unspecified atom stereocenters. The lowest BCUT2D eigenvalue weighted by Gasteiger charge is -2.32. The van der Waals surface area contributed by atoms with Gasteiger partial charge in [0.25, 0.3) is 0 Å². The van der Waals surface area contributed by atoms with E-state index in [1.807, 2.05) is 0 Å². The molecule has 0 saturated carbocycles. The van der Waals surface area contributed by atoms with Crippen LogP contribution in [0.25, 0.3) is 0 Å². The van der Waals surface area contributed by atoms with E-state index in [0.29, 0.717) is 23.4 Å². The van der Waals surface area contributed by atoms with E-state index < -0.39 is 0 Å². The maximum Gasteiger partial charge on any atom is 0.137 e. The lowest BCUT2D eigenvalue weighted by molar-refractivity contribution is 0.108. The summed E-state index contributed by atoms with van der Waals surface area (Å²) in [6.07, 6.45) is 1.52. The maximum absolute atomic E-state index is 13.2. The first-order valence-corrected chi connectivity index (χ1v) is 6.96. The van der Waals surface area contributed by atoms with Crippen molar-refractivity contribution in [3.8, 4) is 0 Å². The smallest absolute Gasteiger partial charge is 0.137 e. The van der Waals surface area contributed by atoms with E-state index >= 15 is 0 Å². The van der Waals surface area contributed by atoms with Gasteiger partial charge in [-0.05, 0) is 52.4 Å². The standard InChI is InChI=1S/C14H21BrFNO/c1-10(2)6-14(8-17,9-18)7-11-3-4-13(16)12(15)5-11/h3-5,10,18H,6-9,17H2,1-2H3. The predicted octanol–water partition coefficient (Wildman–Crippen LogP) is 3.11. The summed E-state index contributed by atoms with van der Waals surface area (Å²) in [4.78, 5) is 0.